The first-order valence-electron chi connectivity index (χ1n) is 6.55. The Morgan fingerprint density at radius 1 is 1.26 bits per heavy atom. The van der Waals surface area contributed by atoms with Crippen LogP contribution in [0.15, 0.2) is 16.6 Å². The van der Waals surface area contributed by atoms with Crippen LogP contribution in [0.1, 0.15) is 42.2 Å². The molecule has 3 rings (SSSR count). The van der Waals surface area contributed by atoms with Crippen LogP contribution in [0.4, 0.5) is 5.82 Å². The molecule has 0 aliphatic heterocycles. The van der Waals surface area contributed by atoms with Crippen molar-refractivity contribution in [2.45, 2.75) is 38.5 Å². The van der Waals surface area contributed by atoms with E-state index in [2.05, 4.69) is 40.0 Å². The molecule has 19 heavy (non-hydrogen) atoms. The molecule has 2 aromatic rings. The lowest BCUT2D eigenvalue weighted by molar-refractivity contribution is 0.692. The molecule has 1 fully saturated rings. The Hall–Kier alpha value is -0.940. The van der Waals surface area contributed by atoms with Gasteiger partial charge in [-0.3, -0.25) is 0 Å². The van der Waals surface area contributed by atoms with Crippen LogP contribution in [0.2, 0.25) is 0 Å². The molecule has 1 saturated carbocycles. The van der Waals surface area contributed by atoms with E-state index in [1.165, 1.54) is 30.6 Å². The van der Waals surface area contributed by atoms with Crippen LogP contribution in [0.25, 0.3) is 10.7 Å². The van der Waals surface area contributed by atoms with Crippen molar-refractivity contribution in [1.29, 1.82) is 0 Å². The standard InChI is InChI=1S/C14H16BrN3S/c1-8-6-7-10(19-8)14-17-12(9-4-2-3-5-9)11(15)13(16)18-14/h6-7,9H,2-5H2,1H3,(H2,16,17,18). The average molecular weight is 338 g/mol. The molecule has 5 heteroatoms. The minimum atomic E-state index is 0.527. The van der Waals surface area contributed by atoms with E-state index < -0.39 is 0 Å². The summed E-state index contributed by atoms with van der Waals surface area (Å²) >= 11 is 5.27. The number of nitrogens with two attached hydrogens (primary N) is 1. The Bertz CT molecular complexity index is 603. The highest BCUT2D eigenvalue weighted by Gasteiger charge is 2.23. The SMILES string of the molecule is Cc1ccc(-c2nc(N)c(Br)c(C3CCCC3)n2)s1. The summed E-state index contributed by atoms with van der Waals surface area (Å²) in [7, 11) is 0. The van der Waals surface area contributed by atoms with Gasteiger partial charge < -0.3 is 5.73 Å². The van der Waals surface area contributed by atoms with Gasteiger partial charge in [0.05, 0.1) is 15.0 Å². The molecule has 0 aromatic carbocycles. The van der Waals surface area contributed by atoms with E-state index >= 15 is 0 Å². The number of halogens is 1. The van der Waals surface area contributed by atoms with E-state index in [-0.39, 0.29) is 0 Å². The fourth-order valence-corrected chi connectivity index (χ4v) is 3.92. The fraction of sp³-hybridized carbons (Fsp3) is 0.429. The van der Waals surface area contributed by atoms with Crippen LogP contribution < -0.4 is 5.73 Å². The summed E-state index contributed by atoms with van der Waals surface area (Å²) in [5.74, 6) is 1.85. The maximum Gasteiger partial charge on any atom is 0.171 e. The summed E-state index contributed by atoms with van der Waals surface area (Å²) in [6.45, 7) is 2.09. The maximum absolute atomic E-state index is 6.04. The van der Waals surface area contributed by atoms with E-state index in [0.29, 0.717) is 11.7 Å². The quantitative estimate of drug-likeness (QED) is 0.876. The molecular weight excluding hydrogens is 322 g/mol. The number of aromatic nitrogens is 2. The van der Waals surface area contributed by atoms with Gasteiger partial charge in [-0.05, 0) is 47.8 Å². The van der Waals surface area contributed by atoms with Crippen LogP contribution in [0, 0.1) is 6.92 Å². The molecule has 2 heterocycles. The number of thiophene rings is 1. The molecule has 3 nitrogen and oxygen atoms in total. The number of anilines is 1. The lowest BCUT2D eigenvalue weighted by Crippen LogP contribution is -2.05. The largest absolute Gasteiger partial charge is 0.383 e. The smallest absolute Gasteiger partial charge is 0.171 e. The van der Waals surface area contributed by atoms with Gasteiger partial charge in [0, 0.05) is 10.8 Å². The normalized spacial score (nSPS) is 16.1. The highest BCUT2D eigenvalue weighted by atomic mass is 79.9. The Morgan fingerprint density at radius 2 is 2.00 bits per heavy atom. The second-order valence-electron chi connectivity index (χ2n) is 5.02. The summed E-state index contributed by atoms with van der Waals surface area (Å²) < 4.78 is 0.886. The highest BCUT2D eigenvalue weighted by molar-refractivity contribution is 9.10. The Kier molecular flexibility index (Phi) is 3.58. The van der Waals surface area contributed by atoms with Crippen LogP contribution in [0.3, 0.4) is 0 Å². The number of hydrogen-bond acceptors (Lipinski definition) is 4. The van der Waals surface area contributed by atoms with Gasteiger partial charge in [0.25, 0.3) is 0 Å². The first kappa shape index (κ1) is 13.1. The predicted molar refractivity (Wildman–Crippen MR) is 83.4 cm³/mol. The molecule has 0 unspecified atom stereocenters. The Labute approximate surface area is 125 Å². The van der Waals surface area contributed by atoms with E-state index in [0.717, 1.165) is 20.9 Å². The average Bonchev–Trinajstić information content (AvgIpc) is 3.03. The Morgan fingerprint density at radius 3 is 2.63 bits per heavy atom. The van der Waals surface area contributed by atoms with Gasteiger partial charge >= 0.3 is 0 Å². The minimum absolute atomic E-state index is 0.527. The summed E-state index contributed by atoms with van der Waals surface area (Å²) in [4.78, 5) is 11.5. The molecule has 0 atom stereocenters. The van der Waals surface area contributed by atoms with Crippen molar-refractivity contribution in [3.8, 4) is 10.7 Å². The van der Waals surface area contributed by atoms with Crippen molar-refractivity contribution in [2.75, 3.05) is 5.73 Å². The van der Waals surface area contributed by atoms with Crippen molar-refractivity contribution in [1.82, 2.24) is 9.97 Å². The first-order valence-corrected chi connectivity index (χ1v) is 8.16. The molecule has 1 aliphatic carbocycles. The molecule has 100 valence electrons. The van der Waals surface area contributed by atoms with Gasteiger partial charge in [0.1, 0.15) is 5.82 Å². The molecule has 2 aromatic heterocycles. The third kappa shape index (κ3) is 2.54. The zero-order valence-corrected chi connectivity index (χ0v) is 13.2. The second-order valence-corrected chi connectivity index (χ2v) is 7.10. The monoisotopic (exact) mass is 337 g/mol. The van der Waals surface area contributed by atoms with Gasteiger partial charge in [-0.25, -0.2) is 9.97 Å². The van der Waals surface area contributed by atoms with E-state index in [9.17, 15) is 0 Å². The number of nitrogen functional groups attached to an aromatic ring is 1. The van der Waals surface area contributed by atoms with Crippen molar-refractivity contribution in [2.24, 2.45) is 0 Å². The van der Waals surface area contributed by atoms with Gasteiger partial charge in [0.2, 0.25) is 0 Å². The molecule has 0 bridgehead atoms. The lowest BCUT2D eigenvalue weighted by Gasteiger charge is -2.13. The second kappa shape index (κ2) is 5.21. The maximum atomic E-state index is 6.04. The topological polar surface area (TPSA) is 51.8 Å². The number of rotatable bonds is 2. The highest BCUT2D eigenvalue weighted by Crippen LogP contribution is 2.39. The fourth-order valence-electron chi connectivity index (χ4n) is 2.62. The Balaban J connectivity index is 2.06. The first-order chi connectivity index (χ1) is 9.15. The van der Waals surface area contributed by atoms with Crippen LogP contribution in [0.5, 0.6) is 0 Å². The van der Waals surface area contributed by atoms with Crippen LogP contribution >= 0.6 is 27.3 Å². The summed E-state index contributed by atoms with van der Waals surface area (Å²) in [5.41, 5.74) is 7.13. The summed E-state index contributed by atoms with van der Waals surface area (Å²) in [5, 5.41) is 0. The van der Waals surface area contributed by atoms with Crippen molar-refractivity contribution in [3.05, 3.63) is 27.2 Å². The third-order valence-corrected chi connectivity index (χ3v) is 5.41. The van der Waals surface area contributed by atoms with E-state index in [1.54, 1.807) is 11.3 Å². The predicted octanol–water partition coefficient (Wildman–Crippen LogP) is 4.52. The summed E-state index contributed by atoms with van der Waals surface area (Å²) in [6.07, 6.45) is 4.98. The number of aryl methyl sites for hydroxylation is 1. The zero-order chi connectivity index (χ0) is 13.4. The van der Waals surface area contributed by atoms with Crippen molar-refractivity contribution >= 4 is 33.1 Å². The number of hydrogen-bond donors (Lipinski definition) is 1. The zero-order valence-electron chi connectivity index (χ0n) is 10.8. The van der Waals surface area contributed by atoms with Crippen molar-refractivity contribution < 1.29 is 0 Å². The molecular formula is C14H16BrN3S. The van der Waals surface area contributed by atoms with Gasteiger partial charge in [-0.15, -0.1) is 11.3 Å². The van der Waals surface area contributed by atoms with E-state index in [4.69, 9.17) is 10.7 Å². The van der Waals surface area contributed by atoms with Crippen LogP contribution in [-0.4, -0.2) is 9.97 Å². The van der Waals surface area contributed by atoms with Gasteiger partial charge in [0.15, 0.2) is 5.82 Å². The third-order valence-electron chi connectivity index (χ3n) is 3.61. The lowest BCUT2D eigenvalue weighted by atomic mass is 10.0. The van der Waals surface area contributed by atoms with Gasteiger partial charge in [-0.1, -0.05) is 12.8 Å². The van der Waals surface area contributed by atoms with Gasteiger partial charge in [-0.2, -0.15) is 0 Å². The van der Waals surface area contributed by atoms with E-state index in [1.807, 2.05) is 0 Å². The molecule has 2 N–H and O–H groups in total. The molecule has 1 aliphatic rings. The summed E-state index contributed by atoms with van der Waals surface area (Å²) in [6, 6.07) is 4.16. The van der Waals surface area contributed by atoms with Crippen molar-refractivity contribution in [3.63, 3.8) is 0 Å². The molecule has 0 spiro atoms. The molecule has 0 amide bonds. The molecule has 0 radical (unpaired) electrons. The number of nitrogens with zero attached hydrogens (tertiary/aromatic N) is 2. The molecule has 0 saturated heterocycles. The minimum Gasteiger partial charge on any atom is -0.383 e. The van der Waals surface area contributed by atoms with Crippen LogP contribution in [-0.2, 0) is 0 Å².